The number of likely N-dealkylation sites (tertiary alicyclic amines) is 1. The molecule has 1 saturated carbocycles. The first-order valence-corrected chi connectivity index (χ1v) is 17.2. The summed E-state index contributed by atoms with van der Waals surface area (Å²) in [4.78, 5) is 41.6. The molecule has 3 aromatic rings. The molecular formula is C39H41F6N3O4. The summed E-state index contributed by atoms with van der Waals surface area (Å²) in [6.45, 7) is 8.27. The van der Waals surface area contributed by atoms with Crippen LogP contribution >= 0.6 is 0 Å². The lowest BCUT2D eigenvalue weighted by molar-refractivity contribution is -0.139. The van der Waals surface area contributed by atoms with Gasteiger partial charge < -0.3 is 19.9 Å². The third-order valence-electron chi connectivity index (χ3n) is 10.2. The Morgan fingerprint density at radius 1 is 1.04 bits per heavy atom. The lowest BCUT2D eigenvalue weighted by atomic mass is 9.89. The number of hydrogen-bond donors (Lipinski definition) is 2. The third-order valence-corrected chi connectivity index (χ3v) is 10.2. The Kier molecular flexibility index (Phi) is 11.0. The molecule has 0 bridgehead atoms. The van der Waals surface area contributed by atoms with Crippen molar-refractivity contribution in [2.75, 3.05) is 19.6 Å². The Balaban J connectivity index is 1.56. The number of aromatic nitrogens is 1. The number of nitrogens with one attached hydrogen (secondary N) is 1. The molecule has 1 spiro atoms. The molecular weight excluding hydrogens is 688 g/mol. The fraction of sp³-hybridized carbons (Fsp3) is 0.462. The van der Waals surface area contributed by atoms with Crippen LogP contribution in [0.1, 0.15) is 91.4 Å². The summed E-state index contributed by atoms with van der Waals surface area (Å²) in [7, 11) is 0. The number of rotatable bonds is 12. The van der Waals surface area contributed by atoms with Crippen molar-refractivity contribution in [1.82, 2.24) is 14.8 Å². The Morgan fingerprint density at radius 2 is 1.69 bits per heavy atom. The summed E-state index contributed by atoms with van der Waals surface area (Å²) in [5, 5.41) is 12.2. The predicted octanol–water partition coefficient (Wildman–Crippen LogP) is 7.50. The van der Waals surface area contributed by atoms with Gasteiger partial charge in [0.1, 0.15) is 23.5 Å². The fourth-order valence-electron chi connectivity index (χ4n) is 7.43. The van der Waals surface area contributed by atoms with E-state index in [4.69, 9.17) is 6.42 Å². The van der Waals surface area contributed by atoms with Crippen molar-refractivity contribution in [1.29, 1.82) is 0 Å². The van der Waals surface area contributed by atoms with Gasteiger partial charge in [0.2, 0.25) is 5.91 Å². The quantitative estimate of drug-likeness (QED) is 0.149. The van der Waals surface area contributed by atoms with Crippen molar-refractivity contribution in [2.45, 2.75) is 84.5 Å². The topological polar surface area (TPSA) is 91.6 Å². The number of terminal acetylenes is 1. The average molecular weight is 730 g/mol. The minimum Gasteiger partial charge on any atom is -0.481 e. The second-order valence-corrected chi connectivity index (χ2v) is 14.6. The lowest BCUT2D eigenvalue weighted by Crippen LogP contribution is -2.41. The number of alkyl halides is 3. The summed E-state index contributed by atoms with van der Waals surface area (Å²) in [5.74, 6) is -3.93. The number of hydrogen-bond acceptors (Lipinski definition) is 4. The van der Waals surface area contributed by atoms with Crippen LogP contribution in [-0.2, 0) is 22.2 Å². The smallest absolute Gasteiger partial charge is 0.416 e. The minimum atomic E-state index is -4.85. The monoisotopic (exact) mass is 729 g/mol. The fourth-order valence-corrected chi connectivity index (χ4v) is 7.43. The molecule has 2 fully saturated rings. The van der Waals surface area contributed by atoms with E-state index >= 15 is 8.78 Å². The molecule has 1 aliphatic heterocycles. The molecule has 1 aliphatic carbocycles. The van der Waals surface area contributed by atoms with Crippen LogP contribution in [0.2, 0.25) is 0 Å². The largest absolute Gasteiger partial charge is 0.481 e. The molecule has 52 heavy (non-hydrogen) atoms. The first kappa shape index (κ1) is 38.7. The summed E-state index contributed by atoms with van der Waals surface area (Å²) in [6.07, 6.45) is 3.72. The molecule has 5 rings (SSSR count). The second kappa shape index (κ2) is 14.8. The van der Waals surface area contributed by atoms with Gasteiger partial charge in [-0.1, -0.05) is 19.8 Å². The maximum atomic E-state index is 16.5. The van der Waals surface area contributed by atoms with Crippen molar-refractivity contribution in [3.63, 3.8) is 0 Å². The number of pyridine rings is 1. The number of benzene rings is 2. The van der Waals surface area contributed by atoms with Crippen LogP contribution in [0, 0.1) is 55.0 Å². The molecule has 2 atom stereocenters. The molecule has 2 heterocycles. The number of aryl methyl sites for hydroxylation is 2. The van der Waals surface area contributed by atoms with Crippen molar-refractivity contribution < 1.29 is 41.0 Å². The number of nitrogens with zero attached hydrogens (tertiary/aromatic N) is 2. The Bertz CT molecular complexity index is 1970. The molecule has 7 nitrogen and oxygen atoms in total. The lowest BCUT2D eigenvalue weighted by Gasteiger charge is -2.27. The minimum absolute atomic E-state index is 0.0524. The van der Waals surface area contributed by atoms with Gasteiger partial charge in [-0.05, 0) is 104 Å². The van der Waals surface area contributed by atoms with Crippen molar-refractivity contribution >= 4 is 11.9 Å². The van der Waals surface area contributed by atoms with Crippen molar-refractivity contribution in [3.05, 3.63) is 91.6 Å². The molecule has 0 unspecified atom stereocenters. The number of halogens is 6. The molecule has 278 valence electrons. The highest BCUT2D eigenvalue weighted by Gasteiger charge is 2.47. The standard InChI is InChI=1S/C39H41F6N3O4/c1-6-24-16-27(33-22(4)14-26(40)15-23(33)5)36(42)34(35(24)41)29(18-32(50)51)46-37(52)30(13-21(2)3)48-19-25(28(17-31(48)49)39(43,44)45)7-11-47-12-10-38(20-47)8-9-38/h1,14-17,19,21,29-30H,7-13,18,20H2,2-5H3,(H,46,52)(H,50,51)/t29-,30+/m1/s1. The Hall–Kier alpha value is -4.57. The molecule has 2 aliphatic rings. The van der Waals surface area contributed by atoms with E-state index in [1.807, 2.05) is 0 Å². The normalized spacial score (nSPS) is 16.6. The maximum Gasteiger partial charge on any atom is 0.416 e. The molecule has 1 saturated heterocycles. The van der Waals surface area contributed by atoms with E-state index in [2.05, 4.69) is 16.1 Å². The summed E-state index contributed by atoms with van der Waals surface area (Å²) in [5.41, 5.74) is -3.02. The molecule has 1 amide bonds. The number of carbonyl (C=O) groups excluding carboxylic acids is 1. The second-order valence-electron chi connectivity index (χ2n) is 14.6. The van der Waals surface area contributed by atoms with E-state index in [0.29, 0.717) is 12.6 Å². The molecule has 2 aromatic carbocycles. The van der Waals surface area contributed by atoms with Gasteiger partial charge in [0.15, 0.2) is 0 Å². The number of amides is 1. The highest BCUT2D eigenvalue weighted by Crippen LogP contribution is 2.52. The van der Waals surface area contributed by atoms with Crippen molar-refractivity contribution in [2.24, 2.45) is 11.3 Å². The molecule has 2 N–H and O–H groups in total. The van der Waals surface area contributed by atoms with Crippen LogP contribution in [0.5, 0.6) is 0 Å². The van der Waals surface area contributed by atoms with Gasteiger partial charge in [-0.25, -0.2) is 13.2 Å². The average Bonchev–Trinajstić information content (AvgIpc) is 3.67. The van der Waals surface area contributed by atoms with E-state index in [1.165, 1.54) is 13.8 Å². The predicted molar refractivity (Wildman–Crippen MR) is 183 cm³/mol. The maximum absolute atomic E-state index is 16.5. The van der Waals surface area contributed by atoms with Gasteiger partial charge in [-0.3, -0.25) is 14.4 Å². The van der Waals surface area contributed by atoms with Gasteiger partial charge in [0.25, 0.3) is 5.56 Å². The zero-order valence-electron chi connectivity index (χ0n) is 29.4. The van der Waals surface area contributed by atoms with E-state index in [1.54, 1.807) is 13.8 Å². The van der Waals surface area contributed by atoms with E-state index in [-0.39, 0.29) is 52.0 Å². The zero-order chi connectivity index (χ0) is 38.3. The first-order valence-electron chi connectivity index (χ1n) is 17.2. The zero-order valence-corrected chi connectivity index (χ0v) is 29.4. The highest BCUT2D eigenvalue weighted by atomic mass is 19.4. The van der Waals surface area contributed by atoms with Gasteiger partial charge in [0.05, 0.1) is 23.6 Å². The van der Waals surface area contributed by atoms with Gasteiger partial charge in [0, 0.05) is 36.5 Å². The van der Waals surface area contributed by atoms with Crippen LogP contribution in [0.25, 0.3) is 11.1 Å². The number of aliphatic carboxylic acids is 1. The highest BCUT2D eigenvalue weighted by molar-refractivity contribution is 5.82. The SMILES string of the molecule is C#Cc1cc(-c2c(C)cc(F)cc2C)c(F)c([C@@H](CC(=O)O)NC(=O)[C@H](CC(C)C)n2cc(CCN3CCC4(CC4)C3)c(C(F)(F)F)cc2=O)c1F. The Morgan fingerprint density at radius 3 is 2.23 bits per heavy atom. The van der Waals surface area contributed by atoms with E-state index in [0.717, 1.165) is 61.3 Å². The third kappa shape index (κ3) is 8.22. The van der Waals surface area contributed by atoms with Gasteiger partial charge >= 0.3 is 12.1 Å². The molecule has 1 aromatic heterocycles. The van der Waals surface area contributed by atoms with Crippen LogP contribution in [-0.4, -0.2) is 46.1 Å². The van der Waals surface area contributed by atoms with E-state index < -0.39 is 76.3 Å². The molecule has 13 heteroatoms. The van der Waals surface area contributed by atoms with Gasteiger partial charge in [-0.2, -0.15) is 13.2 Å². The number of carboxylic acids is 1. The Labute approximate surface area is 298 Å². The van der Waals surface area contributed by atoms with Crippen LogP contribution in [0.4, 0.5) is 26.3 Å². The first-order chi connectivity index (χ1) is 24.3. The number of carboxylic acid groups (broad SMARTS) is 1. The van der Waals surface area contributed by atoms with Crippen molar-refractivity contribution in [3.8, 4) is 23.5 Å². The van der Waals surface area contributed by atoms with E-state index in [9.17, 15) is 37.1 Å². The molecule has 0 radical (unpaired) electrons. The van der Waals surface area contributed by atoms with Crippen LogP contribution in [0.15, 0.2) is 35.3 Å². The summed E-state index contributed by atoms with van der Waals surface area (Å²) < 4.78 is 90.1. The van der Waals surface area contributed by atoms with Gasteiger partial charge in [-0.15, -0.1) is 6.42 Å². The number of carbonyl (C=O) groups is 2. The van der Waals surface area contributed by atoms with Crippen LogP contribution < -0.4 is 10.9 Å². The van der Waals surface area contributed by atoms with Crippen LogP contribution in [0.3, 0.4) is 0 Å². The summed E-state index contributed by atoms with van der Waals surface area (Å²) >= 11 is 0. The summed E-state index contributed by atoms with van der Waals surface area (Å²) in [6, 6.07) is 0.415.